The SMILES string of the molecule is COc1c2c(cc3c1[C@@H](C(=O)Nc1ccccc1C)[N@+](C)(CC(N)=O)CC3)OCO2. The summed E-state index contributed by atoms with van der Waals surface area (Å²) < 4.78 is 17.0. The van der Waals surface area contributed by atoms with Crippen LogP contribution in [0.25, 0.3) is 0 Å². The molecule has 0 fully saturated rings. The molecule has 2 heterocycles. The summed E-state index contributed by atoms with van der Waals surface area (Å²) in [6.07, 6.45) is 0.653. The van der Waals surface area contributed by atoms with Crippen molar-refractivity contribution in [3.05, 3.63) is 47.0 Å². The normalized spacial score (nSPS) is 21.6. The monoisotopic (exact) mass is 412 g/mol. The van der Waals surface area contributed by atoms with Gasteiger partial charge in [0, 0.05) is 12.1 Å². The molecule has 0 aliphatic carbocycles. The van der Waals surface area contributed by atoms with E-state index in [0.29, 0.717) is 35.8 Å². The quantitative estimate of drug-likeness (QED) is 0.731. The first kappa shape index (κ1) is 20.0. The fourth-order valence-electron chi connectivity index (χ4n) is 4.46. The molecule has 0 saturated carbocycles. The summed E-state index contributed by atoms with van der Waals surface area (Å²) in [4.78, 5) is 25.5. The molecule has 2 atom stereocenters. The number of amides is 2. The van der Waals surface area contributed by atoms with E-state index in [1.807, 2.05) is 44.3 Å². The zero-order valence-corrected chi connectivity index (χ0v) is 17.4. The Morgan fingerprint density at radius 2 is 2.07 bits per heavy atom. The summed E-state index contributed by atoms with van der Waals surface area (Å²) in [6.45, 7) is 2.64. The lowest BCUT2D eigenvalue weighted by molar-refractivity contribution is -0.924. The molecule has 4 rings (SSSR count). The first-order valence-corrected chi connectivity index (χ1v) is 9.82. The van der Waals surface area contributed by atoms with Crippen molar-refractivity contribution in [1.29, 1.82) is 0 Å². The van der Waals surface area contributed by atoms with Gasteiger partial charge in [-0.2, -0.15) is 0 Å². The second kappa shape index (κ2) is 7.53. The van der Waals surface area contributed by atoms with Crippen LogP contribution in [0.15, 0.2) is 30.3 Å². The van der Waals surface area contributed by atoms with Crippen molar-refractivity contribution in [2.24, 2.45) is 5.73 Å². The molecule has 0 bridgehead atoms. The topological polar surface area (TPSA) is 99.9 Å². The number of rotatable bonds is 5. The molecule has 0 aromatic heterocycles. The van der Waals surface area contributed by atoms with Gasteiger partial charge in [-0.25, -0.2) is 0 Å². The Morgan fingerprint density at radius 1 is 1.30 bits per heavy atom. The lowest BCUT2D eigenvalue weighted by Crippen LogP contribution is -2.58. The molecule has 8 heteroatoms. The highest BCUT2D eigenvalue weighted by atomic mass is 16.7. The van der Waals surface area contributed by atoms with Crippen LogP contribution < -0.4 is 25.3 Å². The highest BCUT2D eigenvalue weighted by molar-refractivity contribution is 5.96. The summed E-state index contributed by atoms with van der Waals surface area (Å²) in [5, 5.41) is 3.03. The number of ether oxygens (including phenoxy) is 3. The molecule has 2 aliphatic rings. The fourth-order valence-corrected chi connectivity index (χ4v) is 4.46. The summed E-state index contributed by atoms with van der Waals surface area (Å²) >= 11 is 0. The number of aryl methyl sites for hydroxylation is 1. The third-order valence-corrected chi connectivity index (χ3v) is 5.90. The van der Waals surface area contributed by atoms with Crippen LogP contribution in [0.1, 0.15) is 22.7 Å². The number of primary amides is 1. The third kappa shape index (κ3) is 3.33. The van der Waals surface area contributed by atoms with Crippen molar-refractivity contribution in [1.82, 2.24) is 0 Å². The molecule has 2 aromatic carbocycles. The largest absolute Gasteiger partial charge is 0.492 e. The minimum absolute atomic E-state index is 0.0306. The van der Waals surface area contributed by atoms with Crippen LogP contribution in [-0.4, -0.2) is 50.3 Å². The zero-order valence-electron chi connectivity index (χ0n) is 17.4. The minimum Gasteiger partial charge on any atom is -0.492 e. The van der Waals surface area contributed by atoms with Gasteiger partial charge in [0.05, 0.1) is 26.3 Å². The number of para-hydroxylation sites is 1. The van der Waals surface area contributed by atoms with Gasteiger partial charge in [0.15, 0.2) is 24.1 Å². The standard InChI is InChI=1S/C22H25N3O5/c1-13-6-4-5-7-15(13)24-22(27)19-18-14(8-9-25(19,2)11-17(23)26)10-16-20(21(18)28-3)30-12-29-16/h4-7,10,19H,8-9,11-12H2,1-3H3,(H2-,23,24,26,27)/p+1/t19-,25-/m0/s1. The lowest BCUT2D eigenvalue weighted by Gasteiger charge is -2.44. The van der Waals surface area contributed by atoms with Gasteiger partial charge in [-0.3, -0.25) is 9.59 Å². The van der Waals surface area contributed by atoms with E-state index in [1.54, 1.807) is 7.11 Å². The summed E-state index contributed by atoms with van der Waals surface area (Å²) in [7, 11) is 3.42. The number of benzene rings is 2. The van der Waals surface area contributed by atoms with Crippen molar-refractivity contribution in [2.75, 3.05) is 39.4 Å². The number of hydrogen-bond donors (Lipinski definition) is 2. The van der Waals surface area contributed by atoms with E-state index >= 15 is 0 Å². The van der Waals surface area contributed by atoms with Crippen molar-refractivity contribution >= 4 is 17.5 Å². The first-order valence-electron chi connectivity index (χ1n) is 9.82. The molecule has 30 heavy (non-hydrogen) atoms. The number of fused-ring (bicyclic) bond motifs is 2. The van der Waals surface area contributed by atoms with Gasteiger partial charge in [0.2, 0.25) is 12.5 Å². The van der Waals surface area contributed by atoms with Gasteiger partial charge in [0.25, 0.3) is 11.8 Å². The third-order valence-electron chi connectivity index (χ3n) is 5.90. The molecule has 158 valence electrons. The number of quaternary nitrogens is 1. The number of nitrogens with two attached hydrogens (primary N) is 1. The molecule has 0 unspecified atom stereocenters. The van der Waals surface area contributed by atoms with E-state index in [-0.39, 0.29) is 23.7 Å². The van der Waals surface area contributed by atoms with Crippen molar-refractivity contribution in [3.63, 3.8) is 0 Å². The molecule has 2 aromatic rings. The number of methoxy groups -OCH3 is 1. The molecule has 0 spiro atoms. The second-order valence-electron chi connectivity index (χ2n) is 8.00. The van der Waals surface area contributed by atoms with E-state index in [9.17, 15) is 9.59 Å². The number of nitrogens with one attached hydrogen (secondary N) is 1. The molecule has 0 radical (unpaired) electrons. The van der Waals surface area contributed by atoms with Crippen LogP contribution in [0.4, 0.5) is 5.69 Å². The minimum atomic E-state index is -0.703. The van der Waals surface area contributed by atoms with Crippen molar-refractivity contribution in [3.8, 4) is 17.2 Å². The molecule has 2 amide bonds. The fraction of sp³-hybridized carbons (Fsp3) is 0.364. The van der Waals surface area contributed by atoms with Crippen LogP contribution in [0.5, 0.6) is 17.2 Å². The highest BCUT2D eigenvalue weighted by Crippen LogP contribution is 2.51. The van der Waals surface area contributed by atoms with Gasteiger partial charge < -0.3 is 29.7 Å². The van der Waals surface area contributed by atoms with E-state index in [2.05, 4.69) is 5.32 Å². The van der Waals surface area contributed by atoms with Crippen LogP contribution in [0, 0.1) is 6.92 Å². The lowest BCUT2D eigenvalue weighted by atomic mass is 9.88. The van der Waals surface area contributed by atoms with Gasteiger partial charge in [-0.15, -0.1) is 0 Å². The summed E-state index contributed by atoms with van der Waals surface area (Å²) in [5.41, 5.74) is 8.89. The van der Waals surface area contributed by atoms with E-state index in [0.717, 1.165) is 16.8 Å². The second-order valence-corrected chi connectivity index (χ2v) is 8.00. The van der Waals surface area contributed by atoms with Gasteiger partial charge in [0.1, 0.15) is 0 Å². The van der Waals surface area contributed by atoms with Crippen LogP contribution in [-0.2, 0) is 16.0 Å². The maximum Gasteiger partial charge on any atom is 0.287 e. The average molecular weight is 412 g/mol. The maximum absolute atomic E-state index is 13.6. The number of carbonyl (C=O) groups is 2. The molecular weight excluding hydrogens is 386 g/mol. The van der Waals surface area contributed by atoms with E-state index < -0.39 is 11.9 Å². The van der Waals surface area contributed by atoms with E-state index in [4.69, 9.17) is 19.9 Å². The smallest absolute Gasteiger partial charge is 0.287 e. The number of anilines is 1. The average Bonchev–Trinajstić information content (AvgIpc) is 3.15. The van der Waals surface area contributed by atoms with Crippen molar-refractivity contribution < 1.29 is 28.3 Å². The van der Waals surface area contributed by atoms with E-state index in [1.165, 1.54) is 0 Å². The van der Waals surface area contributed by atoms with Crippen LogP contribution in [0.2, 0.25) is 0 Å². The Labute approximate surface area is 175 Å². The predicted molar refractivity (Wildman–Crippen MR) is 110 cm³/mol. The molecule has 3 N–H and O–H groups in total. The Bertz CT molecular complexity index is 1020. The summed E-state index contributed by atoms with van der Waals surface area (Å²) in [5.74, 6) is 0.867. The molecular formula is C22H26N3O5+. The Balaban J connectivity index is 1.85. The first-order chi connectivity index (χ1) is 14.3. The molecule has 0 saturated heterocycles. The van der Waals surface area contributed by atoms with Gasteiger partial charge in [-0.05, 0) is 30.2 Å². The number of carbonyl (C=O) groups excluding carboxylic acids is 2. The number of likely N-dealkylation sites (N-methyl/N-ethyl adjacent to an activating group) is 1. The van der Waals surface area contributed by atoms with Crippen LogP contribution in [0.3, 0.4) is 0 Å². The predicted octanol–water partition coefficient (Wildman–Crippen LogP) is 1.90. The molecule has 8 nitrogen and oxygen atoms in total. The Kier molecular flexibility index (Phi) is 5.03. The Hall–Kier alpha value is -3.26. The maximum atomic E-state index is 13.6. The Morgan fingerprint density at radius 3 is 2.77 bits per heavy atom. The van der Waals surface area contributed by atoms with Gasteiger partial charge >= 0.3 is 0 Å². The van der Waals surface area contributed by atoms with Gasteiger partial charge in [-0.1, -0.05) is 18.2 Å². The number of nitrogens with zero attached hydrogens (tertiary/aromatic N) is 1. The van der Waals surface area contributed by atoms with Crippen LogP contribution >= 0.6 is 0 Å². The van der Waals surface area contributed by atoms with Crippen molar-refractivity contribution in [2.45, 2.75) is 19.4 Å². The zero-order chi connectivity index (χ0) is 21.5. The number of hydrogen-bond acceptors (Lipinski definition) is 5. The summed E-state index contributed by atoms with van der Waals surface area (Å²) in [6, 6.07) is 8.77. The highest BCUT2D eigenvalue weighted by Gasteiger charge is 2.48. The molecule has 2 aliphatic heterocycles.